The zero-order chi connectivity index (χ0) is 11.1. The summed E-state index contributed by atoms with van der Waals surface area (Å²) in [5.74, 6) is 0.916. The van der Waals surface area contributed by atoms with Crippen molar-refractivity contribution in [3.8, 4) is 5.75 Å². The summed E-state index contributed by atoms with van der Waals surface area (Å²) in [6, 6.07) is 8.06. The smallest absolute Gasteiger partial charge is 0.142 e. The predicted octanol–water partition coefficient (Wildman–Crippen LogP) is 1.87. The molecule has 0 unspecified atom stereocenters. The number of rotatable bonds is 6. The van der Waals surface area contributed by atoms with Crippen molar-refractivity contribution in [1.29, 1.82) is 0 Å². The van der Waals surface area contributed by atoms with Gasteiger partial charge in [-0.2, -0.15) is 0 Å². The second kappa shape index (κ2) is 6.30. The molecule has 0 fully saturated rings. The number of nitrogens with two attached hydrogens (primary N) is 1. The number of nitrogens with zero attached hydrogens (tertiary/aromatic N) is 1. The maximum absolute atomic E-state index is 5.61. The number of benzene rings is 1. The highest BCUT2D eigenvalue weighted by atomic mass is 16.5. The van der Waals surface area contributed by atoms with Gasteiger partial charge in [0.1, 0.15) is 5.75 Å². The maximum Gasteiger partial charge on any atom is 0.142 e. The average molecular weight is 208 g/mol. The van der Waals surface area contributed by atoms with E-state index in [9.17, 15) is 0 Å². The van der Waals surface area contributed by atoms with E-state index in [0.29, 0.717) is 6.54 Å². The lowest BCUT2D eigenvalue weighted by atomic mass is 10.2. The van der Waals surface area contributed by atoms with Crippen molar-refractivity contribution >= 4 is 5.69 Å². The molecule has 15 heavy (non-hydrogen) atoms. The van der Waals surface area contributed by atoms with Gasteiger partial charge in [0.15, 0.2) is 0 Å². The van der Waals surface area contributed by atoms with E-state index < -0.39 is 0 Å². The molecular formula is C12H20N2O. The minimum atomic E-state index is 0.665. The van der Waals surface area contributed by atoms with Gasteiger partial charge in [-0.25, -0.2) is 0 Å². The molecule has 0 spiro atoms. The molecule has 0 atom stereocenters. The van der Waals surface area contributed by atoms with Gasteiger partial charge < -0.3 is 15.4 Å². The molecule has 0 saturated heterocycles. The summed E-state index contributed by atoms with van der Waals surface area (Å²) < 4.78 is 5.34. The minimum Gasteiger partial charge on any atom is -0.495 e. The monoisotopic (exact) mass is 208 g/mol. The molecule has 0 bridgehead atoms. The van der Waals surface area contributed by atoms with Crippen LogP contribution >= 0.6 is 0 Å². The van der Waals surface area contributed by atoms with Crippen molar-refractivity contribution in [3.63, 3.8) is 0 Å². The van der Waals surface area contributed by atoms with Crippen LogP contribution in [0.15, 0.2) is 24.3 Å². The third-order valence-electron chi connectivity index (χ3n) is 2.32. The molecule has 1 aromatic rings. The Balaban J connectivity index is 2.88. The second-order valence-corrected chi connectivity index (χ2v) is 3.45. The number of hydrogen-bond donors (Lipinski definition) is 1. The fourth-order valence-electron chi connectivity index (χ4n) is 1.67. The lowest BCUT2D eigenvalue weighted by Crippen LogP contribution is -2.30. The number of hydrogen-bond acceptors (Lipinski definition) is 3. The second-order valence-electron chi connectivity index (χ2n) is 3.45. The Kier molecular flexibility index (Phi) is 4.98. The highest BCUT2D eigenvalue weighted by Crippen LogP contribution is 2.27. The Morgan fingerprint density at radius 3 is 2.60 bits per heavy atom. The van der Waals surface area contributed by atoms with Crippen molar-refractivity contribution in [2.75, 3.05) is 31.6 Å². The summed E-state index contributed by atoms with van der Waals surface area (Å²) in [6.45, 7) is 4.71. The summed E-state index contributed by atoms with van der Waals surface area (Å²) in [5.41, 5.74) is 6.74. The molecule has 2 N–H and O–H groups in total. The Labute approximate surface area is 91.8 Å². The van der Waals surface area contributed by atoms with Crippen LogP contribution in [0, 0.1) is 0 Å². The van der Waals surface area contributed by atoms with E-state index in [2.05, 4.69) is 17.9 Å². The topological polar surface area (TPSA) is 38.5 Å². The molecule has 0 saturated carbocycles. The Morgan fingerprint density at radius 2 is 2.00 bits per heavy atom. The highest BCUT2D eigenvalue weighted by molar-refractivity contribution is 5.58. The van der Waals surface area contributed by atoms with Gasteiger partial charge in [0, 0.05) is 19.6 Å². The largest absolute Gasteiger partial charge is 0.495 e. The van der Waals surface area contributed by atoms with Crippen molar-refractivity contribution in [2.45, 2.75) is 13.3 Å². The highest BCUT2D eigenvalue weighted by Gasteiger charge is 2.09. The van der Waals surface area contributed by atoms with Crippen LogP contribution in [0.5, 0.6) is 5.75 Å². The molecule has 3 nitrogen and oxygen atoms in total. The van der Waals surface area contributed by atoms with Crippen LogP contribution in [0.3, 0.4) is 0 Å². The fraction of sp³-hybridized carbons (Fsp3) is 0.500. The van der Waals surface area contributed by atoms with Crippen LogP contribution in [0.25, 0.3) is 0 Å². The summed E-state index contributed by atoms with van der Waals surface area (Å²) in [4.78, 5) is 2.26. The predicted molar refractivity (Wildman–Crippen MR) is 64.6 cm³/mol. The van der Waals surface area contributed by atoms with Gasteiger partial charge in [-0.05, 0) is 18.6 Å². The molecule has 0 amide bonds. The summed E-state index contributed by atoms with van der Waals surface area (Å²) in [5, 5.41) is 0. The molecule has 0 aromatic heterocycles. The Hall–Kier alpha value is -1.22. The molecule has 0 heterocycles. The van der Waals surface area contributed by atoms with Gasteiger partial charge in [-0.15, -0.1) is 0 Å². The molecule has 1 rings (SSSR count). The van der Waals surface area contributed by atoms with Gasteiger partial charge in [0.25, 0.3) is 0 Å². The standard InChI is InChI=1S/C12H20N2O/c1-3-9-14(10-8-13)11-6-4-5-7-12(11)15-2/h4-7H,3,8-10,13H2,1-2H3. The van der Waals surface area contributed by atoms with E-state index in [-0.39, 0.29) is 0 Å². The van der Waals surface area contributed by atoms with Gasteiger partial charge >= 0.3 is 0 Å². The number of methoxy groups -OCH3 is 1. The van der Waals surface area contributed by atoms with Crippen LogP contribution in [0.2, 0.25) is 0 Å². The first-order chi connectivity index (χ1) is 7.33. The zero-order valence-electron chi connectivity index (χ0n) is 9.57. The van der Waals surface area contributed by atoms with Gasteiger partial charge in [-0.3, -0.25) is 0 Å². The third-order valence-corrected chi connectivity index (χ3v) is 2.32. The van der Waals surface area contributed by atoms with E-state index >= 15 is 0 Å². The molecule has 0 aliphatic heterocycles. The lowest BCUT2D eigenvalue weighted by Gasteiger charge is -2.25. The van der Waals surface area contributed by atoms with Gasteiger partial charge in [0.2, 0.25) is 0 Å². The van der Waals surface area contributed by atoms with Crippen LogP contribution in [-0.2, 0) is 0 Å². The maximum atomic E-state index is 5.61. The fourth-order valence-corrected chi connectivity index (χ4v) is 1.67. The van der Waals surface area contributed by atoms with Gasteiger partial charge in [0.05, 0.1) is 12.8 Å². The number of ether oxygens (including phenoxy) is 1. The van der Waals surface area contributed by atoms with Crippen molar-refractivity contribution in [3.05, 3.63) is 24.3 Å². The van der Waals surface area contributed by atoms with E-state index in [1.54, 1.807) is 7.11 Å². The molecule has 84 valence electrons. The third kappa shape index (κ3) is 3.13. The Bertz CT molecular complexity index is 283. The Morgan fingerprint density at radius 1 is 1.27 bits per heavy atom. The number of anilines is 1. The van der Waals surface area contributed by atoms with Crippen molar-refractivity contribution in [1.82, 2.24) is 0 Å². The van der Waals surface area contributed by atoms with Crippen molar-refractivity contribution < 1.29 is 4.74 Å². The summed E-state index contributed by atoms with van der Waals surface area (Å²) in [7, 11) is 1.70. The van der Waals surface area contributed by atoms with E-state index in [1.165, 1.54) is 0 Å². The van der Waals surface area contributed by atoms with E-state index in [4.69, 9.17) is 10.5 Å². The first-order valence-electron chi connectivity index (χ1n) is 5.41. The molecule has 1 aromatic carbocycles. The summed E-state index contributed by atoms with van der Waals surface area (Å²) >= 11 is 0. The summed E-state index contributed by atoms with van der Waals surface area (Å²) in [6.07, 6.45) is 1.11. The lowest BCUT2D eigenvalue weighted by molar-refractivity contribution is 0.414. The van der Waals surface area contributed by atoms with Crippen LogP contribution in [-0.4, -0.2) is 26.7 Å². The molecule has 0 aliphatic carbocycles. The first kappa shape index (κ1) is 11.9. The minimum absolute atomic E-state index is 0.665. The van der Waals surface area contributed by atoms with E-state index in [1.807, 2.05) is 18.2 Å². The van der Waals surface area contributed by atoms with Gasteiger partial charge in [-0.1, -0.05) is 19.1 Å². The number of para-hydroxylation sites is 2. The van der Waals surface area contributed by atoms with Crippen molar-refractivity contribution in [2.24, 2.45) is 5.73 Å². The van der Waals surface area contributed by atoms with Crippen LogP contribution < -0.4 is 15.4 Å². The average Bonchev–Trinajstić information content (AvgIpc) is 2.29. The molecule has 0 radical (unpaired) electrons. The van der Waals surface area contributed by atoms with E-state index in [0.717, 1.165) is 30.9 Å². The normalized spacial score (nSPS) is 10.1. The first-order valence-corrected chi connectivity index (χ1v) is 5.41. The van der Waals surface area contributed by atoms with Crippen LogP contribution in [0.4, 0.5) is 5.69 Å². The quantitative estimate of drug-likeness (QED) is 0.775. The molecular weight excluding hydrogens is 188 g/mol. The molecule has 3 heteroatoms. The zero-order valence-corrected chi connectivity index (χ0v) is 9.57. The molecule has 0 aliphatic rings. The van der Waals surface area contributed by atoms with Crippen LogP contribution in [0.1, 0.15) is 13.3 Å². The SMILES string of the molecule is CCCN(CCN)c1ccccc1OC.